The molecule has 1 rings (SSSR count). The second-order valence-electron chi connectivity index (χ2n) is 4.12. The van der Waals surface area contributed by atoms with E-state index in [9.17, 15) is 0 Å². The summed E-state index contributed by atoms with van der Waals surface area (Å²) in [4.78, 5) is 0. The highest BCUT2D eigenvalue weighted by Gasteiger charge is 2.00. The quantitative estimate of drug-likeness (QED) is 0.376. The molecule has 0 aliphatic carbocycles. The van der Waals surface area contributed by atoms with Crippen molar-refractivity contribution in [3.05, 3.63) is 29.8 Å². The number of thioether (sulfide) groups is 1. The molecular weight excluding hydrogens is 308 g/mol. The fourth-order valence-electron chi connectivity index (χ4n) is 1.44. The molecule has 0 aromatic heterocycles. The SMILES string of the molecule is CSCCCNC(=S)NNC(=S)Nc1ccccc1C. The zero-order valence-electron chi connectivity index (χ0n) is 11.7. The summed E-state index contributed by atoms with van der Waals surface area (Å²) >= 11 is 12.2. The minimum absolute atomic E-state index is 0.479. The van der Waals surface area contributed by atoms with Crippen molar-refractivity contribution in [2.75, 3.05) is 23.9 Å². The molecule has 1 aromatic rings. The van der Waals surface area contributed by atoms with Gasteiger partial charge in [-0.3, -0.25) is 10.9 Å². The number of benzene rings is 1. The molecule has 0 atom stereocenters. The molecule has 20 heavy (non-hydrogen) atoms. The van der Waals surface area contributed by atoms with Gasteiger partial charge >= 0.3 is 0 Å². The maximum absolute atomic E-state index is 5.19. The molecule has 0 saturated carbocycles. The third kappa shape index (κ3) is 6.93. The number of aryl methyl sites for hydroxylation is 1. The van der Waals surface area contributed by atoms with Crippen LogP contribution in [-0.4, -0.2) is 28.8 Å². The lowest BCUT2D eigenvalue weighted by atomic mass is 10.2. The van der Waals surface area contributed by atoms with Crippen molar-refractivity contribution in [1.82, 2.24) is 16.2 Å². The fraction of sp³-hybridized carbons (Fsp3) is 0.385. The van der Waals surface area contributed by atoms with Crippen LogP contribution in [0.25, 0.3) is 0 Å². The van der Waals surface area contributed by atoms with Gasteiger partial charge in [-0.15, -0.1) is 0 Å². The van der Waals surface area contributed by atoms with Gasteiger partial charge in [-0.25, -0.2) is 0 Å². The van der Waals surface area contributed by atoms with Gasteiger partial charge in [0, 0.05) is 12.2 Å². The minimum atomic E-state index is 0.479. The van der Waals surface area contributed by atoms with Crippen molar-refractivity contribution in [2.24, 2.45) is 0 Å². The molecule has 4 nitrogen and oxygen atoms in total. The Labute approximate surface area is 135 Å². The van der Waals surface area contributed by atoms with E-state index in [1.54, 1.807) is 0 Å². The lowest BCUT2D eigenvalue weighted by molar-refractivity contribution is 0.788. The van der Waals surface area contributed by atoms with Crippen LogP contribution in [0.4, 0.5) is 5.69 Å². The largest absolute Gasteiger partial charge is 0.361 e. The zero-order chi connectivity index (χ0) is 14.8. The predicted molar refractivity (Wildman–Crippen MR) is 97.3 cm³/mol. The predicted octanol–water partition coefficient (Wildman–Crippen LogP) is 2.41. The van der Waals surface area contributed by atoms with Gasteiger partial charge in [-0.2, -0.15) is 11.8 Å². The van der Waals surface area contributed by atoms with E-state index in [0.29, 0.717) is 10.2 Å². The summed E-state index contributed by atoms with van der Waals surface area (Å²) < 4.78 is 0. The molecular formula is C13H20N4S3. The van der Waals surface area contributed by atoms with E-state index in [1.165, 1.54) is 0 Å². The molecule has 0 amide bonds. The van der Waals surface area contributed by atoms with Gasteiger partial charge in [-0.1, -0.05) is 18.2 Å². The number of nitrogens with one attached hydrogen (secondary N) is 4. The first-order valence-corrected chi connectivity index (χ1v) is 8.50. The molecule has 7 heteroatoms. The topological polar surface area (TPSA) is 48.1 Å². The summed E-state index contributed by atoms with van der Waals surface area (Å²) in [6, 6.07) is 7.95. The Morgan fingerprint density at radius 2 is 1.85 bits per heavy atom. The number of anilines is 1. The van der Waals surface area contributed by atoms with Crippen LogP contribution >= 0.6 is 36.2 Å². The maximum atomic E-state index is 5.19. The molecule has 0 saturated heterocycles. The first-order valence-electron chi connectivity index (χ1n) is 6.29. The number of para-hydroxylation sites is 1. The third-order valence-electron chi connectivity index (χ3n) is 2.49. The minimum Gasteiger partial charge on any atom is -0.361 e. The van der Waals surface area contributed by atoms with E-state index in [2.05, 4.69) is 27.7 Å². The van der Waals surface area contributed by atoms with Crippen molar-refractivity contribution in [2.45, 2.75) is 13.3 Å². The van der Waals surface area contributed by atoms with Gasteiger partial charge in [-0.05, 0) is 61.4 Å². The van der Waals surface area contributed by atoms with E-state index < -0.39 is 0 Å². The van der Waals surface area contributed by atoms with Crippen molar-refractivity contribution in [3.8, 4) is 0 Å². The molecule has 4 N–H and O–H groups in total. The van der Waals surface area contributed by atoms with Gasteiger partial charge in [0.2, 0.25) is 0 Å². The third-order valence-corrected chi connectivity index (χ3v) is 3.64. The molecule has 0 unspecified atom stereocenters. The van der Waals surface area contributed by atoms with Crippen LogP contribution in [0.2, 0.25) is 0 Å². The van der Waals surface area contributed by atoms with Crippen LogP contribution in [0.5, 0.6) is 0 Å². The van der Waals surface area contributed by atoms with Crippen LogP contribution in [-0.2, 0) is 0 Å². The number of hydrazine groups is 1. The highest BCUT2D eigenvalue weighted by Crippen LogP contribution is 2.12. The smallest absolute Gasteiger partial charge is 0.189 e. The number of thiocarbonyl (C=S) groups is 2. The van der Waals surface area contributed by atoms with Gasteiger partial charge in [0.25, 0.3) is 0 Å². The highest BCUT2D eigenvalue weighted by molar-refractivity contribution is 7.98. The fourth-order valence-corrected chi connectivity index (χ4v) is 2.19. The molecule has 0 aliphatic heterocycles. The summed E-state index contributed by atoms with van der Waals surface area (Å²) in [6.07, 6.45) is 3.17. The van der Waals surface area contributed by atoms with E-state index >= 15 is 0 Å². The Balaban J connectivity index is 2.23. The van der Waals surface area contributed by atoms with Gasteiger partial charge in [0.05, 0.1) is 0 Å². The van der Waals surface area contributed by atoms with Crippen molar-refractivity contribution >= 4 is 52.1 Å². The van der Waals surface area contributed by atoms with Crippen LogP contribution < -0.4 is 21.5 Å². The number of hydrogen-bond acceptors (Lipinski definition) is 3. The van der Waals surface area contributed by atoms with E-state index in [-0.39, 0.29) is 0 Å². The van der Waals surface area contributed by atoms with Gasteiger partial charge in [0.15, 0.2) is 10.2 Å². The zero-order valence-corrected chi connectivity index (χ0v) is 14.1. The molecule has 1 aromatic carbocycles. The Morgan fingerprint density at radius 3 is 2.55 bits per heavy atom. The molecule has 0 radical (unpaired) electrons. The van der Waals surface area contributed by atoms with Crippen LogP contribution in [0.1, 0.15) is 12.0 Å². The number of hydrogen-bond donors (Lipinski definition) is 4. The van der Waals surface area contributed by atoms with Gasteiger partial charge < -0.3 is 10.6 Å². The van der Waals surface area contributed by atoms with Crippen LogP contribution in [0.3, 0.4) is 0 Å². The van der Waals surface area contributed by atoms with E-state index in [4.69, 9.17) is 24.4 Å². The average molecular weight is 329 g/mol. The Morgan fingerprint density at radius 1 is 1.15 bits per heavy atom. The second kappa shape index (κ2) is 9.79. The molecule has 0 bridgehead atoms. The van der Waals surface area contributed by atoms with Crippen molar-refractivity contribution in [1.29, 1.82) is 0 Å². The highest BCUT2D eigenvalue weighted by atomic mass is 32.2. The lowest BCUT2D eigenvalue weighted by Crippen LogP contribution is -2.48. The first kappa shape index (κ1) is 17.0. The summed E-state index contributed by atoms with van der Waals surface area (Å²) in [5.74, 6) is 1.12. The molecule has 110 valence electrons. The lowest BCUT2D eigenvalue weighted by Gasteiger charge is -2.15. The second-order valence-corrected chi connectivity index (χ2v) is 5.92. The first-order chi connectivity index (χ1) is 9.63. The summed E-state index contributed by atoms with van der Waals surface area (Å²) in [6.45, 7) is 2.88. The standard InChI is InChI=1S/C13H20N4S3/c1-10-6-3-4-7-11(10)15-13(19)17-16-12(18)14-8-5-9-20-2/h3-4,6-7H,5,8-9H2,1-2H3,(H2,14,16,18)(H2,15,17,19). The van der Waals surface area contributed by atoms with Crippen LogP contribution in [0.15, 0.2) is 24.3 Å². The van der Waals surface area contributed by atoms with E-state index in [1.807, 2.05) is 43.0 Å². The summed E-state index contributed by atoms with van der Waals surface area (Å²) in [7, 11) is 0. The Hall–Kier alpha value is -1.05. The maximum Gasteiger partial charge on any atom is 0.189 e. The normalized spacial score (nSPS) is 9.70. The van der Waals surface area contributed by atoms with Crippen molar-refractivity contribution < 1.29 is 0 Å². The summed E-state index contributed by atoms with van der Waals surface area (Å²) in [5.41, 5.74) is 7.83. The number of rotatable bonds is 5. The molecule has 0 heterocycles. The monoisotopic (exact) mass is 328 g/mol. The van der Waals surface area contributed by atoms with Crippen molar-refractivity contribution in [3.63, 3.8) is 0 Å². The Bertz CT molecular complexity index is 451. The molecule has 0 aliphatic rings. The van der Waals surface area contributed by atoms with E-state index in [0.717, 1.165) is 30.0 Å². The average Bonchev–Trinajstić information content (AvgIpc) is 2.44. The summed E-state index contributed by atoms with van der Waals surface area (Å²) in [5, 5.41) is 7.24. The van der Waals surface area contributed by atoms with Crippen LogP contribution in [0, 0.1) is 6.92 Å². The Kier molecular flexibility index (Phi) is 8.32. The molecule has 0 spiro atoms. The van der Waals surface area contributed by atoms with Gasteiger partial charge in [0.1, 0.15) is 0 Å². The molecule has 0 fully saturated rings.